The highest BCUT2D eigenvalue weighted by molar-refractivity contribution is 7.88. The highest BCUT2D eigenvalue weighted by Gasteiger charge is 2.29. The molecule has 1 aromatic rings. The summed E-state index contributed by atoms with van der Waals surface area (Å²) in [5.74, 6) is -0.627. The van der Waals surface area contributed by atoms with Gasteiger partial charge in [-0.15, -0.1) is 0 Å². The van der Waals surface area contributed by atoms with Crippen molar-refractivity contribution >= 4 is 21.9 Å². The van der Waals surface area contributed by atoms with Gasteiger partial charge in [0.05, 0.1) is 6.26 Å². The fourth-order valence-electron chi connectivity index (χ4n) is 2.60. The number of ether oxygens (including phenoxy) is 1. The Morgan fingerprint density at radius 2 is 1.96 bits per heavy atom. The zero-order chi connectivity index (χ0) is 17.7. The number of hydrogen-bond acceptors (Lipinski definition) is 5. The number of sulfonamides is 1. The van der Waals surface area contributed by atoms with Crippen LogP contribution in [0.4, 0.5) is 0 Å². The van der Waals surface area contributed by atoms with Crippen molar-refractivity contribution in [2.75, 3.05) is 25.9 Å². The molecule has 2 rings (SSSR count). The zero-order valence-corrected chi connectivity index (χ0v) is 14.6. The van der Waals surface area contributed by atoms with Gasteiger partial charge in [0.1, 0.15) is 12.3 Å². The Morgan fingerprint density at radius 1 is 1.29 bits per heavy atom. The summed E-state index contributed by atoms with van der Waals surface area (Å²) in [5.41, 5.74) is 0.974. The maximum atomic E-state index is 12.1. The molecule has 0 unspecified atom stereocenters. The van der Waals surface area contributed by atoms with Gasteiger partial charge in [-0.3, -0.25) is 4.79 Å². The number of carbonyl (C=O) groups is 2. The summed E-state index contributed by atoms with van der Waals surface area (Å²) in [6.45, 7) is 2.33. The first-order chi connectivity index (χ1) is 11.3. The van der Waals surface area contributed by atoms with E-state index >= 15 is 0 Å². The Bertz CT molecular complexity index is 709. The maximum absolute atomic E-state index is 12.1. The second-order valence-corrected chi connectivity index (χ2v) is 7.93. The van der Waals surface area contributed by atoms with Crippen molar-refractivity contribution in [3.05, 3.63) is 29.8 Å². The van der Waals surface area contributed by atoms with Gasteiger partial charge in [-0.2, -0.15) is 0 Å². The third-order valence-electron chi connectivity index (χ3n) is 3.92. The minimum atomic E-state index is -3.21. The minimum absolute atomic E-state index is 0.209. The highest BCUT2D eigenvalue weighted by Crippen LogP contribution is 2.19. The van der Waals surface area contributed by atoms with Gasteiger partial charge in [0, 0.05) is 19.0 Å². The van der Waals surface area contributed by atoms with Gasteiger partial charge in [0.15, 0.2) is 0 Å². The van der Waals surface area contributed by atoms with Crippen LogP contribution in [0.25, 0.3) is 0 Å². The van der Waals surface area contributed by atoms with Crippen LogP contribution in [0.5, 0.6) is 5.75 Å². The summed E-state index contributed by atoms with van der Waals surface area (Å²) in [5, 5.41) is 2.56. The molecule has 1 aliphatic heterocycles. The minimum Gasteiger partial charge on any atom is -0.425 e. The Balaban J connectivity index is 1.76. The Labute approximate surface area is 142 Å². The van der Waals surface area contributed by atoms with Gasteiger partial charge in [-0.1, -0.05) is 12.1 Å². The summed E-state index contributed by atoms with van der Waals surface area (Å²) >= 11 is 0. The number of esters is 1. The summed E-state index contributed by atoms with van der Waals surface area (Å²) in [4.78, 5) is 23.8. The third-order valence-corrected chi connectivity index (χ3v) is 5.23. The lowest BCUT2D eigenvalue weighted by molar-refractivity contribution is -0.136. The topological polar surface area (TPSA) is 92.8 Å². The molecule has 0 radical (unpaired) electrons. The molecular formula is C16H22N2O5S. The molecule has 0 aliphatic carbocycles. The number of nitrogens with one attached hydrogen (secondary N) is 1. The third kappa shape index (κ3) is 5.31. The molecule has 8 heteroatoms. The summed E-state index contributed by atoms with van der Waals surface area (Å²) < 4.78 is 29.4. The molecule has 0 atom stereocenters. The second-order valence-electron chi connectivity index (χ2n) is 5.94. The average Bonchev–Trinajstić information content (AvgIpc) is 2.52. The van der Waals surface area contributed by atoms with E-state index in [1.165, 1.54) is 4.31 Å². The lowest BCUT2D eigenvalue weighted by atomic mass is 9.97. The van der Waals surface area contributed by atoms with Crippen LogP contribution < -0.4 is 10.1 Å². The van der Waals surface area contributed by atoms with Crippen molar-refractivity contribution in [2.24, 2.45) is 5.92 Å². The molecule has 1 N–H and O–H groups in total. The predicted molar refractivity (Wildman–Crippen MR) is 89.0 cm³/mol. The molecule has 1 saturated heterocycles. The van der Waals surface area contributed by atoms with Crippen molar-refractivity contribution < 1.29 is 22.7 Å². The first-order valence-electron chi connectivity index (χ1n) is 7.76. The SMILES string of the molecule is Cc1cccc(OC(=O)CNC(=O)C2CCN(S(C)(=O)=O)CC2)c1. The molecule has 0 bridgehead atoms. The summed E-state index contributed by atoms with van der Waals surface area (Å²) in [7, 11) is -3.21. The molecule has 0 aromatic heterocycles. The Kier molecular flexibility index (Phi) is 5.95. The van der Waals surface area contributed by atoms with Gasteiger partial charge in [0.25, 0.3) is 0 Å². The standard InChI is InChI=1S/C16H22N2O5S/c1-12-4-3-5-14(10-12)23-15(19)11-17-16(20)13-6-8-18(9-7-13)24(2,21)22/h3-5,10,13H,6-9,11H2,1-2H3,(H,17,20). The fourth-order valence-corrected chi connectivity index (χ4v) is 3.47. The lowest BCUT2D eigenvalue weighted by Crippen LogP contribution is -2.43. The molecule has 132 valence electrons. The molecular weight excluding hydrogens is 332 g/mol. The number of benzene rings is 1. The number of carbonyl (C=O) groups excluding carboxylic acids is 2. The Hall–Kier alpha value is -1.93. The molecule has 1 aromatic carbocycles. The van der Waals surface area contributed by atoms with E-state index in [2.05, 4.69) is 5.32 Å². The van der Waals surface area contributed by atoms with Gasteiger partial charge in [-0.25, -0.2) is 17.5 Å². The average molecular weight is 354 g/mol. The predicted octanol–water partition coefficient (Wildman–Crippen LogP) is 0.688. The molecule has 0 spiro atoms. The van der Waals surface area contributed by atoms with E-state index in [1.54, 1.807) is 18.2 Å². The largest absolute Gasteiger partial charge is 0.425 e. The highest BCUT2D eigenvalue weighted by atomic mass is 32.2. The quantitative estimate of drug-likeness (QED) is 0.620. The number of hydrogen-bond donors (Lipinski definition) is 1. The zero-order valence-electron chi connectivity index (χ0n) is 13.8. The van der Waals surface area contributed by atoms with Gasteiger partial charge < -0.3 is 10.1 Å². The first kappa shape index (κ1) is 18.4. The first-order valence-corrected chi connectivity index (χ1v) is 9.61. The molecule has 7 nitrogen and oxygen atoms in total. The van der Waals surface area contributed by atoms with E-state index in [0.29, 0.717) is 31.7 Å². The number of aryl methyl sites for hydroxylation is 1. The van der Waals surface area contributed by atoms with Crippen LogP contribution in [0, 0.1) is 12.8 Å². The molecule has 24 heavy (non-hydrogen) atoms. The van der Waals surface area contributed by atoms with Crippen molar-refractivity contribution in [1.29, 1.82) is 0 Å². The van der Waals surface area contributed by atoms with E-state index in [9.17, 15) is 18.0 Å². The van der Waals surface area contributed by atoms with Crippen LogP contribution >= 0.6 is 0 Å². The monoisotopic (exact) mass is 354 g/mol. The Morgan fingerprint density at radius 3 is 2.54 bits per heavy atom. The molecule has 0 saturated carbocycles. The molecule has 1 fully saturated rings. The summed E-state index contributed by atoms with van der Waals surface area (Å²) in [6.07, 6.45) is 2.06. The normalized spacial score (nSPS) is 16.6. The van der Waals surface area contributed by atoms with E-state index < -0.39 is 16.0 Å². The van der Waals surface area contributed by atoms with Crippen molar-refractivity contribution in [3.63, 3.8) is 0 Å². The second kappa shape index (κ2) is 7.76. The molecule has 1 aliphatic rings. The maximum Gasteiger partial charge on any atom is 0.330 e. The van der Waals surface area contributed by atoms with E-state index in [-0.39, 0.29) is 18.4 Å². The van der Waals surface area contributed by atoms with E-state index in [0.717, 1.165) is 11.8 Å². The van der Waals surface area contributed by atoms with Crippen LogP contribution in [0.15, 0.2) is 24.3 Å². The van der Waals surface area contributed by atoms with E-state index in [1.807, 2.05) is 13.0 Å². The van der Waals surface area contributed by atoms with Crippen LogP contribution in [0.3, 0.4) is 0 Å². The molecule has 1 amide bonds. The van der Waals surface area contributed by atoms with Crippen LogP contribution in [0.2, 0.25) is 0 Å². The number of amides is 1. The van der Waals surface area contributed by atoms with Gasteiger partial charge in [0.2, 0.25) is 15.9 Å². The van der Waals surface area contributed by atoms with Crippen molar-refractivity contribution in [1.82, 2.24) is 9.62 Å². The van der Waals surface area contributed by atoms with Gasteiger partial charge >= 0.3 is 5.97 Å². The van der Waals surface area contributed by atoms with Crippen molar-refractivity contribution in [3.8, 4) is 5.75 Å². The number of nitrogens with zero attached hydrogens (tertiary/aromatic N) is 1. The lowest BCUT2D eigenvalue weighted by Gasteiger charge is -2.29. The van der Waals surface area contributed by atoms with Crippen LogP contribution in [0.1, 0.15) is 18.4 Å². The summed E-state index contributed by atoms with van der Waals surface area (Å²) in [6, 6.07) is 7.09. The van der Waals surface area contributed by atoms with Crippen molar-refractivity contribution in [2.45, 2.75) is 19.8 Å². The number of piperidine rings is 1. The van der Waals surface area contributed by atoms with E-state index in [4.69, 9.17) is 4.74 Å². The molecule has 1 heterocycles. The van der Waals surface area contributed by atoms with Gasteiger partial charge in [-0.05, 0) is 37.5 Å². The van der Waals surface area contributed by atoms with Crippen LogP contribution in [-0.4, -0.2) is 50.5 Å². The number of rotatable bonds is 5. The fraction of sp³-hybridized carbons (Fsp3) is 0.500. The smallest absolute Gasteiger partial charge is 0.330 e. The van der Waals surface area contributed by atoms with Crippen LogP contribution in [-0.2, 0) is 19.6 Å².